The first-order valence-electron chi connectivity index (χ1n) is 17.7. The molecular formula is C35H67NO15. The number of ether oxygens (including phenoxy) is 14. The second-order valence-corrected chi connectivity index (χ2v) is 11.5. The lowest BCUT2D eigenvalue weighted by molar-refractivity contribution is -0.0290. The van der Waals surface area contributed by atoms with Gasteiger partial charge in [-0.05, 0) is 20.8 Å². The van der Waals surface area contributed by atoms with Crippen molar-refractivity contribution in [2.75, 3.05) is 185 Å². The Balaban J connectivity index is 3.13. The molecule has 0 saturated heterocycles. The summed E-state index contributed by atoms with van der Waals surface area (Å²) in [4.78, 5) is 13.3. The van der Waals surface area contributed by atoms with Crippen molar-refractivity contribution in [1.82, 2.24) is 4.90 Å². The Morgan fingerprint density at radius 3 is 0.863 bits per heavy atom. The van der Waals surface area contributed by atoms with Gasteiger partial charge in [0, 0.05) is 13.6 Å². The minimum Gasteiger partial charge on any atom is -0.444 e. The Hall–Kier alpha value is -1.69. The average Bonchev–Trinajstić information content (AvgIpc) is 3.10. The summed E-state index contributed by atoms with van der Waals surface area (Å²) >= 11 is 0. The molecular weight excluding hydrogens is 674 g/mol. The number of hydrogen-bond donors (Lipinski definition) is 0. The lowest BCUT2D eigenvalue weighted by Crippen LogP contribution is -2.36. The molecule has 0 spiro atoms. The third-order valence-corrected chi connectivity index (χ3v) is 5.93. The highest BCUT2D eigenvalue weighted by atomic mass is 16.6. The topological polar surface area (TPSA) is 150 Å². The van der Waals surface area contributed by atoms with Crippen molar-refractivity contribution in [1.29, 1.82) is 0 Å². The molecule has 1 amide bonds. The minimum absolute atomic E-state index is 0.303. The van der Waals surface area contributed by atoms with Gasteiger partial charge in [0.1, 0.15) is 12.2 Å². The molecule has 16 nitrogen and oxygen atoms in total. The lowest BCUT2D eigenvalue weighted by atomic mass is 10.2. The van der Waals surface area contributed by atoms with Crippen molar-refractivity contribution in [3.63, 3.8) is 0 Å². The third kappa shape index (κ3) is 42.6. The second-order valence-electron chi connectivity index (χ2n) is 11.5. The minimum atomic E-state index is -0.513. The number of hydrogen-bond acceptors (Lipinski definition) is 15. The summed E-state index contributed by atoms with van der Waals surface area (Å²) < 4.78 is 75.9. The van der Waals surface area contributed by atoms with Crippen molar-refractivity contribution in [2.24, 2.45) is 0 Å². The molecule has 0 bridgehead atoms. The fourth-order valence-electron chi connectivity index (χ4n) is 3.40. The smallest absolute Gasteiger partial charge is 0.410 e. The predicted octanol–water partition coefficient (Wildman–Crippen LogP) is 1.70. The van der Waals surface area contributed by atoms with E-state index in [9.17, 15) is 4.79 Å². The van der Waals surface area contributed by atoms with Crippen LogP contribution in [0.15, 0.2) is 0 Å². The summed E-state index contributed by atoms with van der Waals surface area (Å²) in [5.41, 5.74) is -0.513. The van der Waals surface area contributed by atoms with E-state index >= 15 is 0 Å². The van der Waals surface area contributed by atoms with Crippen LogP contribution in [0.25, 0.3) is 0 Å². The fraction of sp³-hybridized carbons (Fsp3) is 0.914. The van der Waals surface area contributed by atoms with Gasteiger partial charge in [0.2, 0.25) is 0 Å². The van der Waals surface area contributed by atoms with Crippen LogP contribution >= 0.6 is 0 Å². The van der Waals surface area contributed by atoms with Gasteiger partial charge in [-0.2, -0.15) is 0 Å². The molecule has 0 N–H and O–H groups in total. The molecule has 0 saturated carbocycles. The first-order chi connectivity index (χ1) is 24.9. The zero-order valence-corrected chi connectivity index (χ0v) is 31.7. The Kier molecular flexibility index (Phi) is 38.2. The molecule has 16 heteroatoms. The summed E-state index contributed by atoms with van der Waals surface area (Å²) in [5.74, 6) is 2.40. The maximum atomic E-state index is 11.9. The molecule has 0 radical (unpaired) electrons. The lowest BCUT2D eigenvalue weighted by Gasteiger charge is -2.24. The quantitative estimate of drug-likeness (QED) is 0.0662. The molecule has 0 aliphatic heterocycles. The SMILES string of the molecule is C#CCOCCOCCOCCOCCOCCOCCOCCOCCOCCOCCOCCOCCOCCN(C)C(=O)OC(C)(C)C. The predicted molar refractivity (Wildman–Crippen MR) is 188 cm³/mol. The molecule has 0 aliphatic rings. The van der Waals surface area contributed by atoms with E-state index < -0.39 is 5.60 Å². The van der Waals surface area contributed by atoms with E-state index in [1.54, 1.807) is 7.05 Å². The second kappa shape index (κ2) is 39.5. The van der Waals surface area contributed by atoms with E-state index in [1.807, 2.05) is 20.8 Å². The van der Waals surface area contributed by atoms with Gasteiger partial charge in [-0.15, -0.1) is 6.42 Å². The summed E-state index contributed by atoms with van der Waals surface area (Å²) in [6.07, 6.45) is 4.72. The summed E-state index contributed by atoms with van der Waals surface area (Å²) in [7, 11) is 1.68. The number of rotatable bonds is 40. The molecule has 0 rings (SSSR count). The summed E-state index contributed by atoms with van der Waals surface area (Å²) in [6, 6.07) is 0. The Bertz CT molecular complexity index is 766. The first kappa shape index (κ1) is 49.3. The zero-order chi connectivity index (χ0) is 37.4. The van der Waals surface area contributed by atoms with Crippen LogP contribution in [0.1, 0.15) is 20.8 Å². The Morgan fingerprint density at radius 1 is 0.431 bits per heavy atom. The van der Waals surface area contributed by atoms with E-state index in [-0.39, 0.29) is 6.09 Å². The molecule has 0 aromatic heterocycles. The Labute approximate surface area is 306 Å². The van der Waals surface area contributed by atoms with E-state index in [0.717, 1.165) is 0 Å². The molecule has 0 atom stereocenters. The van der Waals surface area contributed by atoms with Gasteiger partial charge in [-0.1, -0.05) is 5.92 Å². The van der Waals surface area contributed by atoms with Gasteiger partial charge in [0.25, 0.3) is 0 Å². The van der Waals surface area contributed by atoms with Gasteiger partial charge in [-0.3, -0.25) is 0 Å². The van der Waals surface area contributed by atoms with Gasteiger partial charge in [0.05, 0.1) is 165 Å². The first-order valence-corrected chi connectivity index (χ1v) is 17.7. The number of carbonyl (C=O) groups excluding carboxylic acids is 1. The molecule has 302 valence electrons. The maximum Gasteiger partial charge on any atom is 0.410 e. The normalized spacial score (nSPS) is 11.6. The number of carbonyl (C=O) groups is 1. The largest absolute Gasteiger partial charge is 0.444 e. The maximum absolute atomic E-state index is 11.9. The highest BCUT2D eigenvalue weighted by molar-refractivity contribution is 5.67. The van der Waals surface area contributed by atoms with Crippen LogP contribution in [0.3, 0.4) is 0 Å². The number of likely N-dealkylation sites (N-methyl/N-ethyl adjacent to an activating group) is 1. The summed E-state index contributed by atoms with van der Waals surface area (Å²) in [6.45, 7) is 18.4. The van der Waals surface area contributed by atoms with Crippen LogP contribution in [-0.4, -0.2) is 202 Å². The average molecular weight is 742 g/mol. The summed E-state index contributed by atoms with van der Waals surface area (Å²) in [5, 5.41) is 0. The number of terminal acetylenes is 1. The van der Waals surface area contributed by atoms with Crippen LogP contribution in [0, 0.1) is 12.3 Å². The van der Waals surface area contributed by atoms with Gasteiger partial charge in [0.15, 0.2) is 0 Å². The highest BCUT2D eigenvalue weighted by Crippen LogP contribution is 2.08. The molecule has 0 aliphatic carbocycles. The van der Waals surface area contributed by atoms with E-state index in [4.69, 9.17) is 72.7 Å². The van der Waals surface area contributed by atoms with Crippen LogP contribution in [0.2, 0.25) is 0 Å². The van der Waals surface area contributed by atoms with Crippen molar-refractivity contribution < 1.29 is 71.1 Å². The van der Waals surface area contributed by atoms with Crippen molar-refractivity contribution in [3.8, 4) is 12.3 Å². The molecule has 0 aromatic carbocycles. The van der Waals surface area contributed by atoms with E-state index in [0.29, 0.717) is 178 Å². The van der Waals surface area contributed by atoms with Gasteiger partial charge >= 0.3 is 6.09 Å². The van der Waals surface area contributed by atoms with Crippen molar-refractivity contribution in [2.45, 2.75) is 26.4 Å². The highest BCUT2D eigenvalue weighted by Gasteiger charge is 2.19. The fourth-order valence-corrected chi connectivity index (χ4v) is 3.40. The van der Waals surface area contributed by atoms with Crippen molar-refractivity contribution in [3.05, 3.63) is 0 Å². The molecule has 0 heterocycles. The van der Waals surface area contributed by atoms with Crippen LogP contribution in [0.5, 0.6) is 0 Å². The third-order valence-electron chi connectivity index (χ3n) is 5.93. The van der Waals surface area contributed by atoms with Crippen LogP contribution in [0.4, 0.5) is 4.79 Å². The monoisotopic (exact) mass is 741 g/mol. The standard InChI is InChI=1S/C35H67NO15/c1-6-8-38-10-12-40-14-16-42-18-20-44-22-24-46-26-28-48-30-32-50-33-31-49-29-27-47-25-23-45-21-19-43-17-15-41-13-11-39-9-7-36(5)34(37)51-35(2,3)4/h1H,7-33H2,2-5H3. The van der Waals surface area contributed by atoms with Crippen LogP contribution in [-0.2, 0) is 66.3 Å². The molecule has 0 fully saturated rings. The molecule has 0 aromatic rings. The van der Waals surface area contributed by atoms with E-state index in [2.05, 4.69) is 5.92 Å². The number of nitrogens with zero attached hydrogens (tertiary/aromatic N) is 1. The van der Waals surface area contributed by atoms with E-state index in [1.165, 1.54) is 4.90 Å². The van der Waals surface area contributed by atoms with Gasteiger partial charge in [-0.25, -0.2) is 4.79 Å². The van der Waals surface area contributed by atoms with Gasteiger partial charge < -0.3 is 71.2 Å². The Morgan fingerprint density at radius 2 is 0.647 bits per heavy atom. The molecule has 51 heavy (non-hydrogen) atoms. The zero-order valence-electron chi connectivity index (χ0n) is 31.7. The van der Waals surface area contributed by atoms with Crippen molar-refractivity contribution >= 4 is 6.09 Å². The van der Waals surface area contributed by atoms with Crippen LogP contribution < -0.4 is 0 Å². The molecule has 0 unspecified atom stereocenters. The number of amides is 1.